The van der Waals surface area contributed by atoms with Crippen LogP contribution in [-0.4, -0.2) is 34.6 Å². The van der Waals surface area contributed by atoms with Crippen molar-refractivity contribution in [3.63, 3.8) is 0 Å². The summed E-state index contributed by atoms with van der Waals surface area (Å²) in [5, 5.41) is 6.50. The Morgan fingerprint density at radius 3 is 2.81 bits per heavy atom. The first-order chi connectivity index (χ1) is 7.65. The monoisotopic (exact) mass is 240 g/mol. The molecule has 1 heterocycles. The van der Waals surface area contributed by atoms with Crippen molar-refractivity contribution in [1.29, 1.82) is 0 Å². The molecule has 0 aliphatic heterocycles. The SMILES string of the molecule is CCNc1nc(C)cc(NC(C)CSC)n1. The molecule has 90 valence electrons. The molecule has 1 atom stereocenters. The fraction of sp³-hybridized carbons (Fsp3) is 0.636. The molecular weight excluding hydrogens is 220 g/mol. The van der Waals surface area contributed by atoms with E-state index in [-0.39, 0.29) is 0 Å². The predicted molar refractivity (Wildman–Crippen MR) is 72.4 cm³/mol. The summed E-state index contributed by atoms with van der Waals surface area (Å²) in [6.45, 7) is 7.01. The van der Waals surface area contributed by atoms with Crippen molar-refractivity contribution in [2.45, 2.75) is 26.8 Å². The maximum atomic E-state index is 4.40. The second kappa shape index (κ2) is 6.58. The highest BCUT2D eigenvalue weighted by molar-refractivity contribution is 7.98. The van der Waals surface area contributed by atoms with E-state index in [1.165, 1.54) is 0 Å². The van der Waals surface area contributed by atoms with Crippen molar-refractivity contribution >= 4 is 23.5 Å². The van der Waals surface area contributed by atoms with Gasteiger partial charge in [0.2, 0.25) is 5.95 Å². The molecule has 2 N–H and O–H groups in total. The van der Waals surface area contributed by atoms with Gasteiger partial charge in [-0.25, -0.2) is 4.98 Å². The molecule has 0 aliphatic rings. The molecule has 0 aromatic carbocycles. The van der Waals surface area contributed by atoms with Gasteiger partial charge >= 0.3 is 0 Å². The molecule has 0 saturated heterocycles. The van der Waals surface area contributed by atoms with Crippen LogP contribution in [0.5, 0.6) is 0 Å². The summed E-state index contributed by atoms with van der Waals surface area (Å²) < 4.78 is 0. The minimum atomic E-state index is 0.416. The Balaban J connectivity index is 2.71. The van der Waals surface area contributed by atoms with Gasteiger partial charge < -0.3 is 10.6 Å². The van der Waals surface area contributed by atoms with Crippen LogP contribution in [-0.2, 0) is 0 Å². The first-order valence-electron chi connectivity index (χ1n) is 5.50. The summed E-state index contributed by atoms with van der Waals surface area (Å²) in [6, 6.07) is 2.39. The number of rotatable bonds is 6. The number of hydrogen-bond donors (Lipinski definition) is 2. The Morgan fingerprint density at radius 1 is 1.44 bits per heavy atom. The molecule has 0 aliphatic carbocycles. The Labute approximate surface area is 102 Å². The van der Waals surface area contributed by atoms with Gasteiger partial charge in [-0.3, -0.25) is 0 Å². The average molecular weight is 240 g/mol. The molecule has 1 aromatic heterocycles. The third-order valence-electron chi connectivity index (χ3n) is 2.00. The Kier molecular flexibility index (Phi) is 5.38. The second-order valence-corrected chi connectivity index (χ2v) is 4.66. The quantitative estimate of drug-likeness (QED) is 0.799. The lowest BCUT2D eigenvalue weighted by Gasteiger charge is -2.14. The number of thioether (sulfide) groups is 1. The fourth-order valence-corrected chi connectivity index (χ4v) is 2.01. The van der Waals surface area contributed by atoms with Crippen LogP contribution in [0.1, 0.15) is 19.5 Å². The van der Waals surface area contributed by atoms with Crippen LogP contribution in [0.15, 0.2) is 6.07 Å². The van der Waals surface area contributed by atoms with E-state index in [1.807, 2.05) is 31.7 Å². The van der Waals surface area contributed by atoms with Gasteiger partial charge in [-0.1, -0.05) is 0 Å². The molecular formula is C11H20N4S. The molecule has 16 heavy (non-hydrogen) atoms. The highest BCUT2D eigenvalue weighted by atomic mass is 32.2. The maximum absolute atomic E-state index is 4.40. The Bertz CT molecular complexity index is 330. The summed E-state index contributed by atoms with van der Waals surface area (Å²) in [5.74, 6) is 2.66. The van der Waals surface area contributed by atoms with Gasteiger partial charge in [-0.2, -0.15) is 16.7 Å². The molecule has 0 fully saturated rings. The number of nitrogens with one attached hydrogen (secondary N) is 2. The van der Waals surface area contributed by atoms with Crippen LogP contribution in [0.2, 0.25) is 0 Å². The van der Waals surface area contributed by atoms with Crippen molar-refractivity contribution in [3.05, 3.63) is 11.8 Å². The molecule has 0 bridgehead atoms. The lowest BCUT2D eigenvalue weighted by molar-refractivity contribution is 0.897. The average Bonchev–Trinajstić information content (AvgIpc) is 2.17. The highest BCUT2D eigenvalue weighted by Crippen LogP contribution is 2.11. The van der Waals surface area contributed by atoms with Gasteiger partial charge in [0, 0.05) is 30.1 Å². The van der Waals surface area contributed by atoms with E-state index in [2.05, 4.69) is 33.8 Å². The summed E-state index contributed by atoms with van der Waals surface area (Å²) in [5.41, 5.74) is 0.977. The Morgan fingerprint density at radius 2 is 2.19 bits per heavy atom. The third kappa shape index (κ3) is 4.26. The molecule has 0 spiro atoms. The number of aromatic nitrogens is 2. The van der Waals surface area contributed by atoms with Crippen molar-refractivity contribution in [2.24, 2.45) is 0 Å². The predicted octanol–water partition coefficient (Wildman–Crippen LogP) is 2.38. The van der Waals surface area contributed by atoms with Gasteiger partial charge in [-0.05, 0) is 27.0 Å². The molecule has 1 rings (SSSR count). The fourth-order valence-electron chi connectivity index (χ4n) is 1.42. The van der Waals surface area contributed by atoms with Gasteiger partial charge in [0.25, 0.3) is 0 Å². The molecule has 5 heteroatoms. The zero-order valence-electron chi connectivity index (χ0n) is 10.4. The zero-order chi connectivity index (χ0) is 12.0. The lowest BCUT2D eigenvalue weighted by Crippen LogP contribution is -2.19. The zero-order valence-corrected chi connectivity index (χ0v) is 11.2. The topological polar surface area (TPSA) is 49.8 Å². The van der Waals surface area contributed by atoms with Gasteiger partial charge in [0.05, 0.1) is 0 Å². The second-order valence-electron chi connectivity index (χ2n) is 3.75. The van der Waals surface area contributed by atoms with Gasteiger partial charge in [0.1, 0.15) is 5.82 Å². The first-order valence-corrected chi connectivity index (χ1v) is 6.90. The van der Waals surface area contributed by atoms with Crippen LogP contribution in [0.25, 0.3) is 0 Å². The molecule has 0 amide bonds. The molecule has 1 unspecified atom stereocenters. The van der Waals surface area contributed by atoms with Crippen molar-refractivity contribution < 1.29 is 0 Å². The Hall–Kier alpha value is -0.970. The smallest absolute Gasteiger partial charge is 0.224 e. The molecule has 1 aromatic rings. The van der Waals surface area contributed by atoms with E-state index < -0.39 is 0 Å². The minimum Gasteiger partial charge on any atom is -0.367 e. The van der Waals surface area contributed by atoms with E-state index in [0.717, 1.165) is 23.8 Å². The summed E-state index contributed by atoms with van der Waals surface area (Å²) in [6.07, 6.45) is 2.10. The van der Waals surface area contributed by atoms with E-state index in [4.69, 9.17) is 0 Å². The maximum Gasteiger partial charge on any atom is 0.224 e. The minimum absolute atomic E-state index is 0.416. The summed E-state index contributed by atoms with van der Waals surface area (Å²) in [4.78, 5) is 8.71. The third-order valence-corrected chi connectivity index (χ3v) is 2.83. The van der Waals surface area contributed by atoms with E-state index in [1.54, 1.807) is 0 Å². The van der Waals surface area contributed by atoms with Crippen LogP contribution < -0.4 is 10.6 Å². The first kappa shape index (κ1) is 13.1. The van der Waals surface area contributed by atoms with Crippen LogP contribution >= 0.6 is 11.8 Å². The van der Waals surface area contributed by atoms with E-state index in [9.17, 15) is 0 Å². The van der Waals surface area contributed by atoms with Crippen LogP contribution in [0, 0.1) is 6.92 Å². The standard InChI is InChI=1S/C11H20N4S/c1-5-12-11-14-8(2)6-10(15-11)13-9(3)7-16-4/h6,9H,5,7H2,1-4H3,(H2,12,13,14,15). The van der Waals surface area contributed by atoms with Gasteiger partial charge in [-0.15, -0.1) is 0 Å². The summed E-state index contributed by atoms with van der Waals surface area (Å²) in [7, 11) is 0. The highest BCUT2D eigenvalue weighted by Gasteiger charge is 2.04. The molecule has 0 radical (unpaired) electrons. The van der Waals surface area contributed by atoms with Crippen LogP contribution in [0.3, 0.4) is 0 Å². The van der Waals surface area contributed by atoms with Gasteiger partial charge in [0.15, 0.2) is 0 Å². The van der Waals surface area contributed by atoms with Crippen LogP contribution in [0.4, 0.5) is 11.8 Å². The number of aryl methyl sites for hydroxylation is 1. The normalized spacial score (nSPS) is 12.2. The van der Waals surface area contributed by atoms with Crippen molar-refractivity contribution in [2.75, 3.05) is 29.2 Å². The number of nitrogens with zero attached hydrogens (tertiary/aromatic N) is 2. The molecule has 0 saturated carbocycles. The number of hydrogen-bond acceptors (Lipinski definition) is 5. The number of anilines is 2. The molecule has 4 nitrogen and oxygen atoms in total. The van der Waals surface area contributed by atoms with E-state index >= 15 is 0 Å². The summed E-state index contributed by atoms with van der Waals surface area (Å²) >= 11 is 1.83. The lowest BCUT2D eigenvalue weighted by atomic mass is 10.3. The van der Waals surface area contributed by atoms with E-state index in [0.29, 0.717) is 12.0 Å². The van der Waals surface area contributed by atoms with Crippen molar-refractivity contribution in [1.82, 2.24) is 9.97 Å². The van der Waals surface area contributed by atoms with Crippen molar-refractivity contribution in [3.8, 4) is 0 Å². The largest absolute Gasteiger partial charge is 0.367 e.